The van der Waals surface area contributed by atoms with Crippen molar-refractivity contribution in [2.75, 3.05) is 31.9 Å². The van der Waals surface area contributed by atoms with Gasteiger partial charge in [0.25, 0.3) is 0 Å². The lowest BCUT2D eigenvalue weighted by Gasteiger charge is -2.13. The van der Waals surface area contributed by atoms with Crippen molar-refractivity contribution in [3.8, 4) is 34.3 Å². The van der Waals surface area contributed by atoms with Gasteiger partial charge >= 0.3 is 0 Å². The summed E-state index contributed by atoms with van der Waals surface area (Å²) in [5, 5.41) is 12.3. The third-order valence-corrected chi connectivity index (χ3v) is 6.02. The van der Waals surface area contributed by atoms with E-state index in [1.165, 1.54) is 11.8 Å². The molecule has 1 aromatic heterocycles. The van der Waals surface area contributed by atoms with E-state index in [0.717, 1.165) is 22.7 Å². The van der Waals surface area contributed by atoms with Gasteiger partial charge in [-0.2, -0.15) is 0 Å². The Bertz CT molecular complexity index is 1270. The molecule has 1 heterocycles. The number of hydrogen-bond donors (Lipinski definition) is 1. The second-order valence-corrected chi connectivity index (χ2v) is 8.28. The van der Waals surface area contributed by atoms with Gasteiger partial charge in [-0.1, -0.05) is 23.9 Å². The summed E-state index contributed by atoms with van der Waals surface area (Å²) in [4.78, 5) is 12.6. The summed E-state index contributed by atoms with van der Waals surface area (Å²) in [6.45, 7) is 2.52. The molecule has 4 aromatic rings. The number of benzene rings is 3. The fourth-order valence-electron chi connectivity index (χ4n) is 3.46. The lowest BCUT2D eigenvalue weighted by atomic mass is 10.2. The molecule has 0 saturated carbocycles. The molecule has 8 nitrogen and oxygen atoms in total. The van der Waals surface area contributed by atoms with Gasteiger partial charge in [0.15, 0.2) is 11.0 Å². The Morgan fingerprint density at radius 3 is 2.31 bits per heavy atom. The highest BCUT2D eigenvalue weighted by Gasteiger charge is 2.20. The van der Waals surface area contributed by atoms with E-state index in [9.17, 15) is 4.79 Å². The lowest BCUT2D eigenvalue weighted by Crippen LogP contribution is -2.14. The second kappa shape index (κ2) is 11.4. The number of para-hydroxylation sites is 1. The molecule has 0 unspecified atom stereocenters. The van der Waals surface area contributed by atoms with E-state index in [4.69, 9.17) is 14.2 Å². The number of carbonyl (C=O) groups is 1. The maximum absolute atomic E-state index is 12.6. The van der Waals surface area contributed by atoms with Crippen LogP contribution < -0.4 is 19.5 Å². The van der Waals surface area contributed by atoms with Gasteiger partial charge in [0.2, 0.25) is 5.91 Å². The first-order chi connectivity index (χ1) is 17.1. The highest BCUT2D eigenvalue weighted by atomic mass is 32.2. The van der Waals surface area contributed by atoms with E-state index >= 15 is 0 Å². The molecule has 4 rings (SSSR count). The van der Waals surface area contributed by atoms with Crippen molar-refractivity contribution in [2.24, 2.45) is 0 Å². The molecule has 0 radical (unpaired) electrons. The molecular formula is C26H26N4O4S. The van der Waals surface area contributed by atoms with Crippen molar-refractivity contribution < 1.29 is 19.0 Å². The van der Waals surface area contributed by atoms with Crippen LogP contribution in [0.25, 0.3) is 17.1 Å². The maximum atomic E-state index is 12.6. The summed E-state index contributed by atoms with van der Waals surface area (Å²) in [5.74, 6) is 2.80. The fraction of sp³-hybridized carbons (Fsp3) is 0.192. The van der Waals surface area contributed by atoms with Crippen LogP contribution in [-0.2, 0) is 4.79 Å². The highest BCUT2D eigenvalue weighted by Crippen LogP contribution is 2.33. The van der Waals surface area contributed by atoms with Crippen molar-refractivity contribution >= 4 is 23.4 Å². The molecule has 0 spiro atoms. The van der Waals surface area contributed by atoms with Gasteiger partial charge in [0.05, 0.1) is 37.8 Å². The minimum Gasteiger partial charge on any atom is -0.497 e. The van der Waals surface area contributed by atoms with Gasteiger partial charge in [-0.25, -0.2) is 0 Å². The van der Waals surface area contributed by atoms with E-state index in [1.807, 2.05) is 84.3 Å². The largest absolute Gasteiger partial charge is 0.497 e. The molecule has 35 heavy (non-hydrogen) atoms. The van der Waals surface area contributed by atoms with E-state index in [2.05, 4.69) is 15.5 Å². The predicted molar refractivity (Wildman–Crippen MR) is 137 cm³/mol. The number of rotatable bonds is 10. The summed E-state index contributed by atoms with van der Waals surface area (Å²) in [6.07, 6.45) is 0. The fourth-order valence-corrected chi connectivity index (χ4v) is 4.21. The summed E-state index contributed by atoms with van der Waals surface area (Å²) in [5.41, 5.74) is 2.33. The number of ether oxygens (including phenoxy) is 3. The van der Waals surface area contributed by atoms with Gasteiger partial charge in [0.1, 0.15) is 17.2 Å². The van der Waals surface area contributed by atoms with Crippen molar-refractivity contribution in [3.05, 3.63) is 72.8 Å². The Balaban J connectivity index is 1.58. The van der Waals surface area contributed by atoms with Gasteiger partial charge < -0.3 is 19.5 Å². The number of anilines is 1. The molecule has 0 aliphatic carbocycles. The van der Waals surface area contributed by atoms with Crippen LogP contribution in [0.15, 0.2) is 78.0 Å². The molecule has 0 saturated heterocycles. The molecule has 0 bridgehead atoms. The van der Waals surface area contributed by atoms with E-state index in [-0.39, 0.29) is 11.7 Å². The van der Waals surface area contributed by atoms with Crippen molar-refractivity contribution in [1.29, 1.82) is 0 Å². The molecule has 3 aromatic carbocycles. The molecule has 9 heteroatoms. The molecule has 180 valence electrons. The minimum atomic E-state index is -0.151. The van der Waals surface area contributed by atoms with E-state index in [0.29, 0.717) is 29.0 Å². The Kier molecular flexibility index (Phi) is 7.89. The SMILES string of the molecule is CCOc1ccc(NC(=O)CSc2nnc(-c3ccccc3OC)n2-c2ccc(OC)cc2)cc1. The Morgan fingerprint density at radius 1 is 0.914 bits per heavy atom. The second-order valence-electron chi connectivity index (χ2n) is 7.33. The van der Waals surface area contributed by atoms with Crippen LogP contribution >= 0.6 is 11.8 Å². The number of nitrogens with one attached hydrogen (secondary N) is 1. The van der Waals surface area contributed by atoms with Crippen LogP contribution in [0.2, 0.25) is 0 Å². The number of amides is 1. The van der Waals surface area contributed by atoms with Crippen molar-refractivity contribution in [1.82, 2.24) is 14.8 Å². The number of nitrogens with zero attached hydrogens (tertiary/aromatic N) is 3. The number of hydrogen-bond acceptors (Lipinski definition) is 7. The van der Waals surface area contributed by atoms with Crippen LogP contribution in [0.5, 0.6) is 17.2 Å². The average Bonchev–Trinajstić information content (AvgIpc) is 3.32. The van der Waals surface area contributed by atoms with Crippen LogP contribution in [0.1, 0.15) is 6.92 Å². The Labute approximate surface area is 208 Å². The molecule has 1 N–H and O–H groups in total. The van der Waals surface area contributed by atoms with Gasteiger partial charge in [-0.05, 0) is 67.6 Å². The summed E-state index contributed by atoms with van der Waals surface area (Å²) in [6, 6.07) is 22.5. The Hall–Kier alpha value is -3.98. The first-order valence-electron chi connectivity index (χ1n) is 11.0. The minimum absolute atomic E-state index is 0.151. The van der Waals surface area contributed by atoms with Crippen LogP contribution in [0, 0.1) is 0 Å². The smallest absolute Gasteiger partial charge is 0.234 e. The quantitative estimate of drug-likeness (QED) is 0.310. The lowest BCUT2D eigenvalue weighted by molar-refractivity contribution is -0.113. The average molecular weight is 491 g/mol. The van der Waals surface area contributed by atoms with E-state index in [1.54, 1.807) is 14.2 Å². The first kappa shape index (κ1) is 24.2. The van der Waals surface area contributed by atoms with Crippen LogP contribution in [0.4, 0.5) is 5.69 Å². The van der Waals surface area contributed by atoms with Crippen molar-refractivity contribution in [2.45, 2.75) is 12.1 Å². The Morgan fingerprint density at radius 2 is 1.63 bits per heavy atom. The molecule has 0 aliphatic heterocycles. The molecular weight excluding hydrogens is 464 g/mol. The summed E-state index contributed by atoms with van der Waals surface area (Å²) in [7, 11) is 3.24. The van der Waals surface area contributed by atoms with E-state index < -0.39 is 0 Å². The number of carbonyl (C=O) groups excluding carboxylic acids is 1. The predicted octanol–water partition coefficient (Wildman–Crippen LogP) is 5.08. The molecule has 1 amide bonds. The standard InChI is InChI=1S/C26H26N4O4S/c1-4-34-21-13-9-18(10-14-21)27-24(31)17-35-26-29-28-25(22-7-5-6-8-23(22)33-3)30(26)19-11-15-20(32-2)16-12-19/h5-16H,4,17H2,1-3H3,(H,27,31). The van der Waals surface area contributed by atoms with Crippen LogP contribution in [-0.4, -0.2) is 47.3 Å². The van der Waals surface area contributed by atoms with Gasteiger partial charge in [0, 0.05) is 5.69 Å². The number of methoxy groups -OCH3 is 2. The molecule has 0 fully saturated rings. The maximum Gasteiger partial charge on any atom is 0.234 e. The van der Waals surface area contributed by atoms with Gasteiger partial charge in [-0.3, -0.25) is 9.36 Å². The monoisotopic (exact) mass is 490 g/mol. The molecule has 0 aliphatic rings. The van der Waals surface area contributed by atoms with Crippen molar-refractivity contribution in [3.63, 3.8) is 0 Å². The first-order valence-corrected chi connectivity index (χ1v) is 12.0. The zero-order chi connectivity index (χ0) is 24.6. The summed E-state index contributed by atoms with van der Waals surface area (Å²) < 4.78 is 18.2. The van der Waals surface area contributed by atoms with Crippen LogP contribution in [0.3, 0.4) is 0 Å². The number of thioether (sulfide) groups is 1. The zero-order valence-corrected chi connectivity index (χ0v) is 20.5. The highest BCUT2D eigenvalue weighted by molar-refractivity contribution is 7.99. The molecule has 0 atom stereocenters. The third kappa shape index (κ3) is 5.75. The number of aromatic nitrogens is 3. The normalized spacial score (nSPS) is 10.6. The third-order valence-electron chi connectivity index (χ3n) is 5.09. The summed E-state index contributed by atoms with van der Waals surface area (Å²) >= 11 is 1.30. The van der Waals surface area contributed by atoms with Gasteiger partial charge in [-0.15, -0.1) is 10.2 Å². The topological polar surface area (TPSA) is 87.5 Å². The zero-order valence-electron chi connectivity index (χ0n) is 19.7.